The smallest absolute Gasteiger partial charge is 0.346 e. The van der Waals surface area contributed by atoms with E-state index in [2.05, 4.69) is 11.4 Å². The number of amides is 1. The Labute approximate surface area is 161 Å². The number of rotatable bonds is 3. The summed E-state index contributed by atoms with van der Waals surface area (Å²) in [6.45, 7) is 4.00. The van der Waals surface area contributed by atoms with Gasteiger partial charge in [0.25, 0.3) is 0 Å². The lowest BCUT2D eigenvalue weighted by Crippen LogP contribution is -2.22. The first kappa shape index (κ1) is 17.5. The van der Waals surface area contributed by atoms with Crippen molar-refractivity contribution in [3.8, 4) is 11.1 Å². The van der Waals surface area contributed by atoms with Crippen molar-refractivity contribution in [2.24, 2.45) is 0 Å². The Hall–Kier alpha value is -2.92. The number of fused-ring (bicyclic) bond motifs is 1. The number of carboxylic acid groups (broad SMARTS) is 1. The lowest BCUT2D eigenvalue weighted by Gasteiger charge is -2.24. The molecule has 1 amide bonds. The van der Waals surface area contributed by atoms with Crippen LogP contribution in [-0.4, -0.2) is 17.0 Å². The summed E-state index contributed by atoms with van der Waals surface area (Å²) in [5.74, 6) is -1.18. The maximum Gasteiger partial charge on any atom is 0.346 e. The van der Waals surface area contributed by atoms with Crippen LogP contribution in [0.2, 0.25) is 0 Å². The van der Waals surface area contributed by atoms with Crippen LogP contribution in [0.3, 0.4) is 0 Å². The summed E-state index contributed by atoms with van der Waals surface area (Å²) < 4.78 is 0. The fraction of sp³-hybridized carbons (Fsp3) is 0.182. The molecule has 0 unspecified atom stereocenters. The van der Waals surface area contributed by atoms with Gasteiger partial charge in [-0.15, -0.1) is 11.3 Å². The highest BCUT2D eigenvalue weighted by molar-refractivity contribution is 7.15. The molecule has 0 bridgehead atoms. The summed E-state index contributed by atoms with van der Waals surface area (Å²) in [6, 6.07) is 15.8. The van der Waals surface area contributed by atoms with E-state index < -0.39 is 5.97 Å². The molecule has 0 fully saturated rings. The third-order valence-electron chi connectivity index (χ3n) is 4.88. The number of hydrogen-bond donors (Lipinski definition) is 2. The van der Waals surface area contributed by atoms with Crippen molar-refractivity contribution in [1.82, 2.24) is 0 Å². The highest BCUT2D eigenvalue weighted by Crippen LogP contribution is 2.49. The average Bonchev–Trinajstić information content (AvgIpc) is 3.01. The van der Waals surface area contributed by atoms with Gasteiger partial charge in [-0.25, -0.2) is 4.79 Å². The van der Waals surface area contributed by atoms with Gasteiger partial charge in [-0.05, 0) is 25.0 Å². The van der Waals surface area contributed by atoms with Crippen LogP contribution in [-0.2, 0) is 4.79 Å². The minimum atomic E-state index is -0.970. The van der Waals surface area contributed by atoms with Crippen LogP contribution in [0.4, 0.5) is 5.69 Å². The number of hydrogen-bond acceptors (Lipinski definition) is 3. The van der Waals surface area contributed by atoms with Gasteiger partial charge in [-0.3, -0.25) is 4.79 Å². The fourth-order valence-electron chi connectivity index (χ4n) is 3.59. The Kier molecular flexibility index (Phi) is 4.32. The lowest BCUT2D eigenvalue weighted by atomic mass is 9.88. The molecule has 0 saturated heterocycles. The molecule has 27 heavy (non-hydrogen) atoms. The number of thiophene rings is 1. The van der Waals surface area contributed by atoms with Gasteiger partial charge in [-0.1, -0.05) is 59.7 Å². The minimum Gasteiger partial charge on any atom is -0.477 e. The number of anilines is 1. The van der Waals surface area contributed by atoms with E-state index in [1.165, 1.54) is 11.3 Å². The molecule has 3 aromatic rings. The fourth-order valence-corrected chi connectivity index (χ4v) is 4.84. The van der Waals surface area contributed by atoms with Crippen LogP contribution >= 0.6 is 11.3 Å². The number of carbonyl (C=O) groups is 2. The Bertz CT molecular complexity index is 1050. The van der Waals surface area contributed by atoms with Crippen LogP contribution < -0.4 is 5.32 Å². The molecule has 1 aromatic heterocycles. The van der Waals surface area contributed by atoms with Crippen LogP contribution in [0.25, 0.3) is 11.1 Å². The van der Waals surface area contributed by atoms with Gasteiger partial charge in [-0.2, -0.15) is 0 Å². The van der Waals surface area contributed by atoms with Gasteiger partial charge in [0.1, 0.15) is 4.88 Å². The molecule has 2 N–H and O–H groups in total. The van der Waals surface area contributed by atoms with Crippen LogP contribution in [0.1, 0.15) is 43.6 Å². The van der Waals surface area contributed by atoms with Crippen molar-refractivity contribution in [3.63, 3.8) is 0 Å². The number of aromatic carboxylic acids is 1. The Morgan fingerprint density at radius 1 is 1.11 bits per heavy atom. The average molecular weight is 377 g/mol. The van der Waals surface area contributed by atoms with Gasteiger partial charge in [0.2, 0.25) is 5.91 Å². The van der Waals surface area contributed by atoms with Crippen LogP contribution in [0, 0.1) is 13.8 Å². The summed E-state index contributed by atoms with van der Waals surface area (Å²) in [5.41, 5.74) is 5.31. The van der Waals surface area contributed by atoms with E-state index in [0.29, 0.717) is 17.7 Å². The van der Waals surface area contributed by atoms with Crippen molar-refractivity contribution < 1.29 is 14.7 Å². The maximum atomic E-state index is 12.5. The molecule has 1 aliphatic heterocycles. The zero-order chi connectivity index (χ0) is 19.1. The topological polar surface area (TPSA) is 66.4 Å². The predicted molar refractivity (Wildman–Crippen MR) is 108 cm³/mol. The molecule has 4 rings (SSSR count). The van der Waals surface area contributed by atoms with Crippen molar-refractivity contribution in [2.75, 3.05) is 5.32 Å². The predicted octanol–water partition coefficient (Wildman–Crippen LogP) is 5.20. The molecule has 4 nitrogen and oxygen atoms in total. The number of nitrogens with one attached hydrogen (secondary N) is 1. The summed E-state index contributed by atoms with van der Waals surface area (Å²) >= 11 is 1.27. The van der Waals surface area contributed by atoms with E-state index in [-0.39, 0.29) is 16.7 Å². The number of carbonyl (C=O) groups excluding carboxylic acids is 1. The molecular formula is C22H19NO3S. The zero-order valence-electron chi connectivity index (χ0n) is 15.1. The van der Waals surface area contributed by atoms with Crippen molar-refractivity contribution >= 4 is 28.9 Å². The van der Waals surface area contributed by atoms with Crippen molar-refractivity contribution in [1.29, 1.82) is 0 Å². The first-order chi connectivity index (χ1) is 12.9. The molecule has 5 heteroatoms. The molecule has 0 saturated carbocycles. The Morgan fingerprint density at radius 3 is 2.52 bits per heavy atom. The summed E-state index contributed by atoms with van der Waals surface area (Å²) in [4.78, 5) is 25.6. The van der Waals surface area contributed by atoms with Crippen LogP contribution in [0.5, 0.6) is 0 Å². The molecule has 2 heterocycles. The van der Waals surface area contributed by atoms with Gasteiger partial charge >= 0.3 is 5.97 Å². The number of benzene rings is 2. The second-order valence-corrected chi connectivity index (χ2v) is 7.99. The molecule has 1 aliphatic rings. The van der Waals surface area contributed by atoms with E-state index in [4.69, 9.17) is 0 Å². The number of aryl methyl sites for hydroxylation is 2. The third kappa shape index (κ3) is 3.15. The zero-order valence-corrected chi connectivity index (χ0v) is 15.9. The van der Waals surface area contributed by atoms with Gasteiger partial charge in [0.05, 0.1) is 5.69 Å². The van der Waals surface area contributed by atoms with E-state index in [0.717, 1.165) is 27.1 Å². The second kappa shape index (κ2) is 6.67. The first-order valence-corrected chi connectivity index (χ1v) is 9.59. The van der Waals surface area contributed by atoms with Gasteiger partial charge < -0.3 is 10.4 Å². The SMILES string of the molecule is Cc1ccc(-c2c(C(=O)O)sc3c2NC(=O)C[C@H]3c2cccc(C)c2)cc1. The van der Waals surface area contributed by atoms with E-state index in [9.17, 15) is 14.7 Å². The molecule has 1 atom stereocenters. The molecule has 2 aromatic carbocycles. The summed E-state index contributed by atoms with van der Waals surface area (Å²) in [6.07, 6.45) is 0.323. The standard InChI is InChI=1S/C22H19NO3S/c1-12-6-8-14(9-7-12)18-19-20(27-21(18)22(25)26)16(11-17(24)23-19)15-5-3-4-13(2)10-15/h3-10,16H,11H2,1-2H3,(H,23,24)(H,25,26)/t16-/m0/s1. The van der Waals surface area contributed by atoms with Crippen LogP contribution in [0.15, 0.2) is 48.5 Å². The van der Waals surface area contributed by atoms with E-state index in [1.54, 1.807) is 0 Å². The van der Waals surface area contributed by atoms with Crippen molar-refractivity contribution in [2.45, 2.75) is 26.2 Å². The first-order valence-electron chi connectivity index (χ1n) is 8.77. The molecular weight excluding hydrogens is 358 g/mol. The molecule has 0 radical (unpaired) electrons. The highest BCUT2D eigenvalue weighted by Gasteiger charge is 2.34. The Morgan fingerprint density at radius 2 is 1.85 bits per heavy atom. The minimum absolute atomic E-state index is 0.0860. The highest BCUT2D eigenvalue weighted by atomic mass is 32.1. The lowest BCUT2D eigenvalue weighted by molar-refractivity contribution is -0.116. The van der Waals surface area contributed by atoms with E-state index >= 15 is 0 Å². The summed E-state index contributed by atoms with van der Waals surface area (Å²) in [5, 5.41) is 12.7. The maximum absolute atomic E-state index is 12.5. The molecule has 136 valence electrons. The quantitative estimate of drug-likeness (QED) is 0.659. The van der Waals surface area contributed by atoms with Gasteiger partial charge in [0.15, 0.2) is 0 Å². The second-order valence-electron chi connectivity index (χ2n) is 6.94. The van der Waals surface area contributed by atoms with Crippen molar-refractivity contribution in [3.05, 3.63) is 75.0 Å². The summed E-state index contributed by atoms with van der Waals surface area (Å²) in [7, 11) is 0. The monoisotopic (exact) mass is 377 g/mol. The van der Waals surface area contributed by atoms with E-state index in [1.807, 2.05) is 56.3 Å². The van der Waals surface area contributed by atoms with Gasteiger partial charge in [0, 0.05) is 22.8 Å². The Balaban J connectivity index is 1.94. The normalized spacial score (nSPS) is 15.9. The number of carboxylic acids is 1. The molecule has 0 aliphatic carbocycles. The third-order valence-corrected chi connectivity index (χ3v) is 6.18. The molecule has 0 spiro atoms. The largest absolute Gasteiger partial charge is 0.477 e.